The van der Waals surface area contributed by atoms with Crippen LogP contribution < -0.4 is 0 Å². The summed E-state index contributed by atoms with van der Waals surface area (Å²) in [6.07, 6.45) is 1.04. The Bertz CT molecular complexity index is 557. The Morgan fingerprint density at radius 3 is 1.60 bits per heavy atom. The van der Waals surface area contributed by atoms with E-state index < -0.39 is 11.8 Å². The molecule has 100 valence electrons. The van der Waals surface area contributed by atoms with Crippen LogP contribution in [0.25, 0.3) is 0 Å². The van der Waals surface area contributed by atoms with E-state index in [0.29, 0.717) is 11.1 Å². The first kappa shape index (κ1) is 13.7. The molecule has 0 atom stereocenters. The number of nitrogens with zero attached hydrogens (tertiary/aromatic N) is 1. The number of rotatable bonds is 4. The summed E-state index contributed by atoms with van der Waals surface area (Å²) in [4.78, 5) is 25.8. The molecule has 4 nitrogen and oxygen atoms in total. The van der Waals surface area contributed by atoms with Crippen molar-refractivity contribution in [3.8, 4) is 0 Å². The lowest BCUT2D eigenvalue weighted by molar-refractivity contribution is 0.0641. The maximum atomic E-state index is 12.4. The molecule has 0 unspecified atom stereocenters. The van der Waals surface area contributed by atoms with Crippen LogP contribution in [0.5, 0.6) is 0 Å². The quantitative estimate of drug-likeness (QED) is 0.683. The fraction of sp³-hybridized carbons (Fsp3) is 0.0625. The Morgan fingerprint density at radius 1 is 0.850 bits per heavy atom. The highest BCUT2D eigenvalue weighted by molar-refractivity contribution is 6.11. The van der Waals surface area contributed by atoms with E-state index in [9.17, 15) is 9.59 Å². The van der Waals surface area contributed by atoms with E-state index in [-0.39, 0.29) is 6.54 Å². The molecule has 0 aliphatic rings. The number of amides is 2. The number of carbonyl (C=O) groups excluding carboxylic acids is 2. The summed E-state index contributed by atoms with van der Waals surface area (Å²) >= 11 is 0. The van der Waals surface area contributed by atoms with Crippen LogP contribution in [0.1, 0.15) is 20.7 Å². The average molecular weight is 266 g/mol. The molecule has 0 aliphatic heterocycles. The molecule has 1 N–H and O–H groups in total. The zero-order chi connectivity index (χ0) is 14.4. The Morgan fingerprint density at radius 2 is 1.25 bits per heavy atom. The van der Waals surface area contributed by atoms with E-state index in [1.165, 1.54) is 0 Å². The third kappa shape index (κ3) is 2.98. The van der Waals surface area contributed by atoms with E-state index in [0.717, 1.165) is 11.1 Å². The smallest absolute Gasteiger partial charge is 0.261 e. The molecule has 0 bridgehead atoms. The molecule has 0 saturated heterocycles. The standard InChI is InChI=1S/C16H14N2O2/c17-11-12-18(15(19)13-7-3-1-4-8-13)16(20)14-9-5-2-6-10-14/h1-11,17H,12H2. The lowest BCUT2D eigenvalue weighted by Gasteiger charge is -2.19. The lowest BCUT2D eigenvalue weighted by Crippen LogP contribution is -2.38. The van der Waals surface area contributed by atoms with Gasteiger partial charge in [0.05, 0.1) is 6.54 Å². The highest BCUT2D eigenvalue weighted by atomic mass is 16.2. The molecule has 2 aromatic carbocycles. The maximum Gasteiger partial charge on any atom is 0.261 e. The first-order valence-electron chi connectivity index (χ1n) is 6.19. The topological polar surface area (TPSA) is 61.2 Å². The number of benzene rings is 2. The largest absolute Gasteiger partial charge is 0.311 e. The minimum atomic E-state index is -0.400. The minimum Gasteiger partial charge on any atom is -0.311 e. The predicted octanol–water partition coefficient (Wildman–Crippen LogP) is 2.62. The van der Waals surface area contributed by atoms with E-state index in [4.69, 9.17) is 5.41 Å². The molecule has 0 aliphatic carbocycles. The van der Waals surface area contributed by atoms with Gasteiger partial charge in [-0.15, -0.1) is 0 Å². The molecule has 0 aromatic heterocycles. The first-order chi connectivity index (χ1) is 9.74. The Balaban J connectivity index is 2.30. The van der Waals surface area contributed by atoms with E-state index in [1.54, 1.807) is 60.7 Å². The highest BCUT2D eigenvalue weighted by Crippen LogP contribution is 2.09. The van der Waals surface area contributed by atoms with Gasteiger partial charge in [-0.25, -0.2) is 0 Å². The maximum absolute atomic E-state index is 12.4. The number of nitrogens with one attached hydrogen (secondary N) is 1. The van der Waals surface area contributed by atoms with Crippen molar-refractivity contribution >= 4 is 18.0 Å². The molecule has 0 radical (unpaired) electrons. The van der Waals surface area contributed by atoms with Gasteiger partial charge in [0.25, 0.3) is 11.8 Å². The molecule has 20 heavy (non-hydrogen) atoms. The van der Waals surface area contributed by atoms with Gasteiger partial charge < -0.3 is 5.41 Å². The van der Waals surface area contributed by atoms with Crippen LogP contribution in [0.15, 0.2) is 60.7 Å². The third-order valence-electron chi connectivity index (χ3n) is 2.81. The number of carbonyl (C=O) groups is 2. The Hall–Kier alpha value is -2.75. The van der Waals surface area contributed by atoms with Gasteiger partial charge in [-0.2, -0.15) is 0 Å². The van der Waals surface area contributed by atoms with Gasteiger partial charge in [0.15, 0.2) is 0 Å². The van der Waals surface area contributed by atoms with Crippen LogP contribution in [0, 0.1) is 5.41 Å². The Kier molecular flexibility index (Phi) is 4.39. The summed E-state index contributed by atoms with van der Waals surface area (Å²) < 4.78 is 0. The minimum absolute atomic E-state index is 0.0402. The van der Waals surface area contributed by atoms with Gasteiger partial charge in [0.2, 0.25) is 0 Å². The molecule has 2 aromatic rings. The summed E-state index contributed by atoms with van der Waals surface area (Å²) in [5.41, 5.74) is 0.859. The molecule has 0 saturated carbocycles. The molecule has 4 heteroatoms. The van der Waals surface area contributed by atoms with Gasteiger partial charge >= 0.3 is 0 Å². The fourth-order valence-corrected chi connectivity index (χ4v) is 1.82. The normalized spacial score (nSPS) is 9.80. The first-order valence-corrected chi connectivity index (χ1v) is 6.19. The van der Waals surface area contributed by atoms with Crippen LogP contribution in [0.2, 0.25) is 0 Å². The van der Waals surface area contributed by atoms with Gasteiger partial charge in [0.1, 0.15) is 0 Å². The summed E-state index contributed by atoms with van der Waals surface area (Å²) in [5, 5.41) is 7.17. The SMILES string of the molecule is N=CCN(C(=O)c1ccccc1)C(=O)c1ccccc1. The summed E-state index contributed by atoms with van der Waals surface area (Å²) in [6, 6.07) is 17.2. The van der Waals surface area contributed by atoms with Crippen molar-refractivity contribution in [1.29, 1.82) is 5.41 Å². The van der Waals surface area contributed by atoms with E-state index >= 15 is 0 Å². The van der Waals surface area contributed by atoms with Crippen molar-refractivity contribution in [2.24, 2.45) is 0 Å². The Labute approximate surface area is 117 Å². The molecule has 2 amide bonds. The van der Waals surface area contributed by atoms with Crippen LogP contribution in [0.4, 0.5) is 0 Å². The average Bonchev–Trinajstić information content (AvgIpc) is 2.53. The summed E-state index contributed by atoms with van der Waals surface area (Å²) in [7, 11) is 0. The van der Waals surface area contributed by atoms with Crippen molar-refractivity contribution in [2.45, 2.75) is 0 Å². The number of hydrogen-bond donors (Lipinski definition) is 1. The molecule has 0 fully saturated rings. The van der Waals surface area contributed by atoms with Crippen molar-refractivity contribution < 1.29 is 9.59 Å². The predicted molar refractivity (Wildman–Crippen MR) is 77.0 cm³/mol. The van der Waals surface area contributed by atoms with Crippen LogP contribution in [-0.2, 0) is 0 Å². The second kappa shape index (κ2) is 6.43. The molecule has 2 rings (SSSR count). The second-order valence-electron chi connectivity index (χ2n) is 4.16. The zero-order valence-corrected chi connectivity index (χ0v) is 10.8. The van der Waals surface area contributed by atoms with E-state index in [2.05, 4.69) is 0 Å². The fourth-order valence-electron chi connectivity index (χ4n) is 1.82. The van der Waals surface area contributed by atoms with Gasteiger partial charge in [-0.3, -0.25) is 14.5 Å². The monoisotopic (exact) mass is 266 g/mol. The molecular weight excluding hydrogens is 252 g/mol. The van der Waals surface area contributed by atoms with Crippen LogP contribution in [0.3, 0.4) is 0 Å². The van der Waals surface area contributed by atoms with Crippen molar-refractivity contribution in [3.05, 3.63) is 71.8 Å². The highest BCUT2D eigenvalue weighted by Gasteiger charge is 2.22. The van der Waals surface area contributed by atoms with Crippen molar-refractivity contribution in [2.75, 3.05) is 6.54 Å². The molecule has 0 spiro atoms. The van der Waals surface area contributed by atoms with Gasteiger partial charge in [-0.1, -0.05) is 36.4 Å². The lowest BCUT2D eigenvalue weighted by atomic mass is 10.1. The van der Waals surface area contributed by atoms with E-state index in [1.807, 2.05) is 0 Å². The molecular formula is C16H14N2O2. The van der Waals surface area contributed by atoms with Crippen molar-refractivity contribution in [1.82, 2.24) is 4.90 Å². The molecule has 0 heterocycles. The summed E-state index contributed by atoms with van der Waals surface area (Å²) in [6.45, 7) is -0.0402. The summed E-state index contributed by atoms with van der Waals surface area (Å²) in [5.74, 6) is -0.800. The third-order valence-corrected chi connectivity index (χ3v) is 2.81. The second-order valence-corrected chi connectivity index (χ2v) is 4.16. The zero-order valence-electron chi connectivity index (χ0n) is 10.8. The number of hydrogen-bond acceptors (Lipinski definition) is 3. The van der Waals surface area contributed by atoms with Crippen LogP contribution in [-0.4, -0.2) is 29.5 Å². The van der Waals surface area contributed by atoms with Gasteiger partial charge in [0, 0.05) is 17.3 Å². The van der Waals surface area contributed by atoms with Gasteiger partial charge in [-0.05, 0) is 24.3 Å². The van der Waals surface area contributed by atoms with Crippen LogP contribution >= 0.6 is 0 Å². The number of imide groups is 1. The van der Waals surface area contributed by atoms with Crippen molar-refractivity contribution in [3.63, 3.8) is 0 Å².